The molecule has 0 fully saturated rings. The van der Waals surface area contributed by atoms with E-state index in [9.17, 15) is 9.59 Å². The third-order valence-electron chi connectivity index (χ3n) is 5.74. The first kappa shape index (κ1) is 22.5. The van der Waals surface area contributed by atoms with Crippen LogP contribution in [0.25, 0.3) is 0 Å². The average Bonchev–Trinajstić information content (AvgIpc) is 2.78. The average molecular weight is 441 g/mol. The van der Waals surface area contributed by atoms with E-state index in [-0.39, 0.29) is 23.7 Å². The van der Waals surface area contributed by atoms with E-state index in [1.54, 1.807) is 37.4 Å². The molecule has 1 aliphatic rings. The summed E-state index contributed by atoms with van der Waals surface area (Å²) < 4.78 is 5.39. The monoisotopic (exact) mass is 440 g/mol. The highest BCUT2D eigenvalue weighted by molar-refractivity contribution is 6.17. The predicted molar refractivity (Wildman–Crippen MR) is 132 cm³/mol. The van der Waals surface area contributed by atoms with Gasteiger partial charge in [0.05, 0.1) is 24.8 Å². The molecule has 0 bridgehead atoms. The van der Waals surface area contributed by atoms with Crippen LogP contribution < -0.4 is 10.1 Å². The summed E-state index contributed by atoms with van der Waals surface area (Å²) in [5, 5.41) is 2.89. The van der Waals surface area contributed by atoms with Crippen LogP contribution in [0.4, 0.5) is 5.69 Å². The summed E-state index contributed by atoms with van der Waals surface area (Å²) >= 11 is 0. The first-order valence-corrected chi connectivity index (χ1v) is 11.0. The number of nitrogens with one attached hydrogen (secondary N) is 1. The zero-order valence-corrected chi connectivity index (χ0v) is 19.4. The van der Waals surface area contributed by atoms with Crippen LogP contribution in [0.2, 0.25) is 0 Å². The number of fused-ring (bicyclic) bond motifs is 1. The number of nitrogens with zero attached hydrogens (tertiary/aromatic N) is 1. The van der Waals surface area contributed by atoms with Gasteiger partial charge in [0.2, 0.25) is 0 Å². The number of ether oxygens (including phenoxy) is 1. The van der Waals surface area contributed by atoms with Crippen molar-refractivity contribution >= 4 is 23.1 Å². The topological polar surface area (TPSA) is 67.8 Å². The number of anilines is 1. The van der Waals surface area contributed by atoms with Crippen molar-refractivity contribution in [2.24, 2.45) is 4.99 Å². The summed E-state index contributed by atoms with van der Waals surface area (Å²) in [6, 6.07) is 20.4. The van der Waals surface area contributed by atoms with Crippen molar-refractivity contribution < 1.29 is 14.3 Å². The van der Waals surface area contributed by atoms with E-state index in [1.807, 2.05) is 37.3 Å². The third-order valence-corrected chi connectivity index (χ3v) is 5.74. The van der Waals surface area contributed by atoms with Gasteiger partial charge in [0.15, 0.2) is 5.78 Å². The van der Waals surface area contributed by atoms with Crippen molar-refractivity contribution in [1.82, 2.24) is 0 Å². The Hall–Kier alpha value is -3.73. The van der Waals surface area contributed by atoms with Gasteiger partial charge in [-0.25, -0.2) is 0 Å². The van der Waals surface area contributed by atoms with Gasteiger partial charge in [-0.3, -0.25) is 14.6 Å². The molecular formula is C28H28N2O3. The van der Waals surface area contributed by atoms with Crippen LogP contribution in [0, 0.1) is 6.92 Å². The summed E-state index contributed by atoms with van der Waals surface area (Å²) in [4.78, 5) is 30.7. The molecule has 0 atom stereocenters. The largest absolute Gasteiger partial charge is 0.497 e. The maximum absolute atomic E-state index is 13.2. The zero-order chi connectivity index (χ0) is 23.6. The molecule has 0 saturated heterocycles. The Kier molecular flexibility index (Phi) is 6.14. The standard InChI is InChI=1S/C28H28N2O3/c1-18-7-5-9-20(13-18)27(32)29-22-10-6-8-19(14-22)26(31)16-25-24-15-23(33-4)12-11-21(24)17-28(2,3)30-25/h5-15H,16-17H2,1-4H3,(H,29,32). The van der Waals surface area contributed by atoms with Gasteiger partial charge in [0.1, 0.15) is 5.75 Å². The van der Waals surface area contributed by atoms with Gasteiger partial charge in [0, 0.05) is 22.4 Å². The molecule has 1 N–H and O–H groups in total. The summed E-state index contributed by atoms with van der Waals surface area (Å²) in [6.07, 6.45) is 0.989. The van der Waals surface area contributed by atoms with Crippen LogP contribution in [0.3, 0.4) is 0 Å². The maximum atomic E-state index is 13.2. The van der Waals surface area contributed by atoms with Crippen molar-refractivity contribution in [2.75, 3.05) is 12.4 Å². The number of amides is 1. The van der Waals surface area contributed by atoms with Gasteiger partial charge in [-0.15, -0.1) is 0 Å². The van der Waals surface area contributed by atoms with Gasteiger partial charge >= 0.3 is 0 Å². The van der Waals surface area contributed by atoms with Crippen LogP contribution in [0.5, 0.6) is 5.75 Å². The lowest BCUT2D eigenvalue weighted by Gasteiger charge is -2.29. The molecule has 0 spiro atoms. The molecule has 1 aliphatic heterocycles. The molecule has 4 rings (SSSR count). The molecule has 168 valence electrons. The third kappa shape index (κ3) is 5.20. The van der Waals surface area contributed by atoms with Gasteiger partial charge in [-0.1, -0.05) is 35.9 Å². The number of rotatable bonds is 6. The molecule has 1 heterocycles. The molecule has 0 unspecified atom stereocenters. The number of benzene rings is 3. The van der Waals surface area contributed by atoms with Crippen molar-refractivity contribution in [1.29, 1.82) is 0 Å². The lowest BCUT2D eigenvalue weighted by molar-refractivity contribution is 0.0996. The van der Waals surface area contributed by atoms with Crippen molar-refractivity contribution in [2.45, 2.75) is 39.2 Å². The fourth-order valence-electron chi connectivity index (χ4n) is 4.19. The molecule has 0 aliphatic carbocycles. The van der Waals surface area contributed by atoms with Crippen molar-refractivity contribution in [3.05, 3.63) is 94.5 Å². The van der Waals surface area contributed by atoms with Crippen LogP contribution in [-0.2, 0) is 6.42 Å². The number of hydrogen-bond acceptors (Lipinski definition) is 4. The Bertz CT molecular complexity index is 1260. The van der Waals surface area contributed by atoms with Crippen LogP contribution in [-0.4, -0.2) is 30.1 Å². The highest BCUT2D eigenvalue weighted by Gasteiger charge is 2.28. The Morgan fingerprint density at radius 1 is 1.00 bits per heavy atom. The molecule has 33 heavy (non-hydrogen) atoms. The molecule has 3 aromatic carbocycles. The van der Waals surface area contributed by atoms with E-state index >= 15 is 0 Å². The quantitative estimate of drug-likeness (QED) is 0.504. The molecule has 1 amide bonds. The van der Waals surface area contributed by atoms with E-state index in [4.69, 9.17) is 9.73 Å². The van der Waals surface area contributed by atoms with Crippen molar-refractivity contribution in [3.8, 4) is 5.75 Å². The normalized spacial score (nSPS) is 14.1. The second kappa shape index (κ2) is 9.02. The molecule has 3 aromatic rings. The first-order chi connectivity index (χ1) is 15.7. The minimum Gasteiger partial charge on any atom is -0.497 e. The van der Waals surface area contributed by atoms with Crippen molar-refractivity contribution in [3.63, 3.8) is 0 Å². The molecule has 0 radical (unpaired) electrons. The number of ketones is 1. The summed E-state index contributed by atoms with van der Waals surface area (Å²) in [5.41, 5.74) is 5.33. The first-order valence-electron chi connectivity index (χ1n) is 11.0. The lowest BCUT2D eigenvalue weighted by Crippen LogP contribution is -2.30. The van der Waals surface area contributed by atoms with E-state index in [0.717, 1.165) is 34.6 Å². The predicted octanol–water partition coefficient (Wildman–Crippen LogP) is 5.65. The highest BCUT2D eigenvalue weighted by Crippen LogP contribution is 2.31. The number of hydrogen-bond donors (Lipinski definition) is 1. The Labute approximate surface area is 194 Å². The maximum Gasteiger partial charge on any atom is 0.255 e. The Balaban J connectivity index is 1.56. The minimum absolute atomic E-state index is 0.0492. The van der Waals surface area contributed by atoms with Gasteiger partial charge in [-0.2, -0.15) is 0 Å². The van der Waals surface area contributed by atoms with Crippen LogP contribution in [0.15, 0.2) is 71.7 Å². The number of methoxy groups -OCH3 is 1. The Morgan fingerprint density at radius 2 is 1.76 bits per heavy atom. The summed E-state index contributed by atoms with van der Waals surface area (Å²) in [5.74, 6) is 0.490. The fourth-order valence-corrected chi connectivity index (χ4v) is 4.19. The van der Waals surface area contributed by atoms with Gasteiger partial charge in [0.25, 0.3) is 5.91 Å². The molecular weight excluding hydrogens is 412 g/mol. The smallest absolute Gasteiger partial charge is 0.255 e. The van der Waals surface area contributed by atoms with Gasteiger partial charge < -0.3 is 10.1 Å². The van der Waals surface area contributed by atoms with Gasteiger partial charge in [-0.05, 0) is 69.2 Å². The Morgan fingerprint density at radius 3 is 2.52 bits per heavy atom. The molecule has 5 heteroatoms. The number of Topliss-reactive ketones (excluding diaryl/α,β-unsaturated/α-hetero) is 1. The fraction of sp³-hybridized carbons (Fsp3) is 0.250. The van der Waals surface area contributed by atoms with E-state index in [1.165, 1.54) is 0 Å². The van der Waals surface area contributed by atoms with E-state index in [2.05, 4.69) is 25.2 Å². The highest BCUT2D eigenvalue weighted by atomic mass is 16.5. The number of aliphatic imine (C=N–C) groups is 1. The lowest BCUT2D eigenvalue weighted by atomic mass is 9.85. The molecule has 5 nitrogen and oxygen atoms in total. The molecule has 0 aromatic heterocycles. The number of carbonyl (C=O) groups excluding carboxylic acids is 2. The zero-order valence-electron chi connectivity index (χ0n) is 19.4. The number of carbonyl (C=O) groups is 2. The second-order valence-corrected chi connectivity index (χ2v) is 9.08. The summed E-state index contributed by atoms with van der Waals surface area (Å²) in [7, 11) is 1.63. The minimum atomic E-state index is -0.277. The van der Waals surface area contributed by atoms with E-state index < -0.39 is 0 Å². The number of aryl methyl sites for hydroxylation is 1. The SMILES string of the molecule is COc1ccc2c(c1)C(CC(=O)c1cccc(NC(=O)c3cccc(C)c3)c1)=NC(C)(C)C2. The molecule has 0 saturated carbocycles. The van der Waals surface area contributed by atoms with Crippen LogP contribution in [0.1, 0.15) is 57.7 Å². The second-order valence-electron chi connectivity index (χ2n) is 9.08. The summed E-state index contributed by atoms with van der Waals surface area (Å²) in [6.45, 7) is 6.09. The van der Waals surface area contributed by atoms with E-state index in [0.29, 0.717) is 16.8 Å². The van der Waals surface area contributed by atoms with Crippen LogP contribution >= 0.6 is 0 Å².